The van der Waals surface area contributed by atoms with Gasteiger partial charge in [0, 0.05) is 0 Å². The zero-order valence-electron chi connectivity index (χ0n) is 15.9. The van der Waals surface area contributed by atoms with Crippen LogP contribution in [0.5, 0.6) is 5.75 Å². The van der Waals surface area contributed by atoms with Crippen LogP contribution in [0.15, 0.2) is 60.4 Å². The summed E-state index contributed by atoms with van der Waals surface area (Å²) in [7, 11) is 1.67. The van der Waals surface area contributed by atoms with E-state index >= 15 is 0 Å². The van der Waals surface area contributed by atoms with Crippen molar-refractivity contribution < 1.29 is 9.84 Å². The normalized spacial score (nSPS) is 12.1. The van der Waals surface area contributed by atoms with Crippen LogP contribution in [0.1, 0.15) is 46.6 Å². The Labute approximate surface area is 143 Å². The van der Waals surface area contributed by atoms with Gasteiger partial charge in [-0.15, -0.1) is 6.58 Å². The van der Waals surface area contributed by atoms with Crippen molar-refractivity contribution in [3.05, 3.63) is 66.0 Å². The molecule has 23 heavy (non-hydrogen) atoms. The summed E-state index contributed by atoms with van der Waals surface area (Å²) in [6, 6.07) is 7.96. The second kappa shape index (κ2) is 15.0. The quantitative estimate of drug-likeness (QED) is 0.375. The van der Waals surface area contributed by atoms with Crippen molar-refractivity contribution in [2.75, 3.05) is 7.11 Å². The Balaban J connectivity index is 0. The fraction of sp³-hybridized carbons (Fsp3) is 0.429. The molecule has 0 bridgehead atoms. The van der Waals surface area contributed by atoms with E-state index in [4.69, 9.17) is 9.84 Å². The maximum absolute atomic E-state index is 8.94. The number of benzene rings is 1. The van der Waals surface area contributed by atoms with Crippen LogP contribution in [0.25, 0.3) is 0 Å². The third-order valence-electron chi connectivity index (χ3n) is 3.14. The van der Waals surface area contributed by atoms with Crippen LogP contribution in [0, 0.1) is 12.8 Å². The monoisotopic (exact) mass is 318 g/mol. The maximum atomic E-state index is 8.94. The van der Waals surface area contributed by atoms with E-state index in [-0.39, 0.29) is 0 Å². The van der Waals surface area contributed by atoms with Crippen molar-refractivity contribution in [2.45, 2.75) is 48.0 Å². The van der Waals surface area contributed by atoms with Gasteiger partial charge in [0.1, 0.15) is 5.75 Å². The fourth-order valence-corrected chi connectivity index (χ4v) is 1.64. The number of aliphatic hydroxyl groups excluding tert-OH is 1. The first-order valence-electron chi connectivity index (χ1n) is 8.24. The molecule has 1 rings (SSSR count). The fourth-order valence-electron chi connectivity index (χ4n) is 1.64. The molecule has 1 N–H and O–H groups in total. The van der Waals surface area contributed by atoms with Crippen molar-refractivity contribution in [3.63, 3.8) is 0 Å². The average Bonchev–Trinajstić information content (AvgIpc) is 2.58. The maximum Gasteiger partial charge on any atom is 0.118 e. The number of hydrogen-bond donors (Lipinski definition) is 1. The molecule has 0 spiro atoms. The zero-order valence-corrected chi connectivity index (χ0v) is 15.9. The van der Waals surface area contributed by atoms with Crippen LogP contribution in [-0.2, 0) is 0 Å². The molecule has 1 atom stereocenters. The number of methoxy groups -OCH3 is 1. The summed E-state index contributed by atoms with van der Waals surface area (Å²) < 4.78 is 4.97. The predicted molar refractivity (Wildman–Crippen MR) is 103 cm³/mol. The first-order chi connectivity index (χ1) is 10.9. The van der Waals surface area contributed by atoms with E-state index in [0.29, 0.717) is 11.7 Å². The molecule has 0 saturated carbocycles. The third-order valence-corrected chi connectivity index (χ3v) is 3.14. The van der Waals surface area contributed by atoms with Gasteiger partial charge in [-0.05, 0) is 44.4 Å². The lowest BCUT2D eigenvalue weighted by Gasteiger charge is -2.07. The van der Waals surface area contributed by atoms with E-state index in [1.807, 2.05) is 50.3 Å². The minimum Gasteiger partial charge on any atom is -0.513 e. The van der Waals surface area contributed by atoms with Crippen molar-refractivity contribution in [3.8, 4) is 5.75 Å². The molecule has 1 aromatic rings. The molecule has 0 fully saturated rings. The molecule has 2 nitrogen and oxygen atoms in total. The van der Waals surface area contributed by atoms with Crippen LogP contribution >= 0.6 is 0 Å². The lowest BCUT2D eigenvalue weighted by molar-refractivity contribution is 0.414. The molecule has 1 aromatic carbocycles. The highest BCUT2D eigenvalue weighted by Crippen LogP contribution is 2.15. The van der Waals surface area contributed by atoms with Gasteiger partial charge in [-0.25, -0.2) is 0 Å². The molecule has 0 aliphatic rings. The largest absolute Gasteiger partial charge is 0.513 e. The minimum absolute atomic E-state index is 0.345. The summed E-state index contributed by atoms with van der Waals surface area (Å²) in [5.41, 5.74) is 2.55. The Morgan fingerprint density at radius 2 is 1.74 bits per heavy atom. The number of allylic oxidation sites excluding steroid dienone is 5. The smallest absolute Gasteiger partial charge is 0.118 e. The van der Waals surface area contributed by atoms with Gasteiger partial charge < -0.3 is 9.84 Å². The van der Waals surface area contributed by atoms with E-state index in [1.165, 1.54) is 11.1 Å². The summed E-state index contributed by atoms with van der Waals surface area (Å²) in [6.45, 7) is 15.7. The summed E-state index contributed by atoms with van der Waals surface area (Å²) in [6.07, 6.45) is 6.59. The molecule has 2 heteroatoms. The molecule has 0 saturated heterocycles. The summed E-state index contributed by atoms with van der Waals surface area (Å²) in [5, 5.41) is 8.94. The second-order valence-corrected chi connectivity index (χ2v) is 4.94. The number of ether oxygens (including phenoxy) is 1. The van der Waals surface area contributed by atoms with Gasteiger partial charge in [-0.1, -0.05) is 63.1 Å². The van der Waals surface area contributed by atoms with Crippen molar-refractivity contribution in [2.24, 2.45) is 5.92 Å². The molecule has 0 amide bonds. The average molecular weight is 319 g/mol. The highest BCUT2D eigenvalue weighted by atomic mass is 16.5. The first kappa shape index (κ1) is 23.3. The van der Waals surface area contributed by atoms with Crippen LogP contribution in [0.4, 0.5) is 0 Å². The SMILES string of the molecule is C=CC(C)/C(=C/C=C(\C)O)CC.CC.COc1ccc(C)cc1. The molecule has 130 valence electrons. The van der Waals surface area contributed by atoms with Crippen molar-refractivity contribution in [1.29, 1.82) is 0 Å². The van der Waals surface area contributed by atoms with Gasteiger partial charge in [0.2, 0.25) is 0 Å². The van der Waals surface area contributed by atoms with Crippen molar-refractivity contribution in [1.82, 2.24) is 0 Å². The molecule has 0 aliphatic carbocycles. The van der Waals surface area contributed by atoms with Gasteiger partial charge in [0.25, 0.3) is 0 Å². The zero-order chi connectivity index (χ0) is 18.3. The molecule has 1 unspecified atom stereocenters. The Morgan fingerprint density at radius 3 is 2.09 bits per heavy atom. The highest BCUT2D eigenvalue weighted by molar-refractivity contribution is 5.25. The second-order valence-electron chi connectivity index (χ2n) is 4.94. The summed E-state index contributed by atoms with van der Waals surface area (Å²) >= 11 is 0. The standard InChI is InChI=1S/C11H18O.C8H10O.C2H6/c1-5-9(3)11(6-2)8-7-10(4)12;1-7-3-5-8(9-2)6-4-7;1-2/h5,7-9,12H,1,6H2,2-4H3;3-6H,1-2H3;1-2H3/b10-7+,11-8+;;. The first-order valence-corrected chi connectivity index (χ1v) is 8.24. The van der Waals surface area contributed by atoms with Crippen LogP contribution in [0.2, 0.25) is 0 Å². The van der Waals surface area contributed by atoms with E-state index in [9.17, 15) is 0 Å². The molecule has 0 radical (unpaired) electrons. The third kappa shape index (κ3) is 12.3. The van der Waals surface area contributed by atoms with Gasteiger partial charge in [-0.3, -0.25) is 0 Å². The van der Waals surface area contributed by atoms with Gasteiger partial charge in [-0.2, -0.15) is 0 Å². The van der Waals surface area contributed by atoms with Crippen LogP contribution in [0.3, 0.4) is 0 Å². The van der Waals surface area contributed by atoms with Crippen LogP contribution < -0.4 is 4.74 Å². The lowest BCUT2D eigenvalue weighted by Crippen LogP contribution is -1.93. The Hall–Kier alpha value is -1.96. The Bertz CT molecular complexity index is 463. The summed E-state index contributed by atoms with van der Waals surface area (Å²) in [4.78, 5) is 0. The van der Waals surface area contributed by atoms with E-state index in [1.54, 1.807) is 20.1 Å². The Kier molecular flexibility index (Phi) is 15.2. The van der Waals surface area contributed by atoms with Gasteiger partial charge >= 0.3 is 0 Å². The minimum atomic E-state index is 0.345. The predicted octanol–water partition coefficient (Wildman–Crippen LogP) is 6.64. The number of rotatable bonds is 5. The molecule has 0 heterocycles. The van der Waals surface area contributed by atoms with E-state index in [0.717, 1.165) is 12.2 Å². The lowest BCUT2D eigenvalue weighted by atomic mass is 9.98. The molecule has 0 aliphatic heterocycles. The summed E-state index contributed by atoms with van der Waals surface area (Å²) in [5.74, 6) is 1.66. The molecular formula is C21H34O2. The van der Waals surface area contributed by atoms with Crippen LogP contribution in [-0.4, -0.2) is 12.2 Å². The molecule has 0 aromatic heterocycles. The topological polar surface area (TPSA) is 29.5 Å². The number of aliphatic hydroxyl groups is 1. The number of aryl methyl sites for hydroxylation is 1. The Morgan fingerprint density at radius 1 is 1.22 bits per heavy atom. The van der Waals surface area contributed by atoms with Gasteiger partial charge in [0.15, 0.2) is 0 Å². The highest BCUT2D eigenvalue weighted by Gasteiger charge is 2.00. The van der Waals surface area contributed by atoms with Gasteiger partial charge in [0.05, 0.1) is 12.9 Å². The van der Waals surface area contributed by atoms with E-state index < -0.39 is 0 Å². The molecular weight excluding hydrogens is 284 g/mol. The van der Waals surface area contributed by atoms with Crippen molar-refractivity contribution >= 4 is 0 Å². The van der Waals surface area contributed by atoms with E-state index in [2.05, 4.69) is 27.4 Å². The number of hydrogen-bond acceptors (Lipinski definition) is 2.